The van der Waals surface area contributed by atoms with E-state index >= 15 is 0 Å². The molecule has 1 atom stereocenters. The first-order valence-corrected chi connectivity index (χ1v) is 5.96. The molecule has 0 aliphatic carbocycles. The number of fused-ring (bicyclic) bond motifs is 1. The van der Waals surface area contributed by atoms with Crippen molar-refractivity contribution in [2.24, 2.45) is 5.73 Å². The highest BCUT2D eigenvalue weighted by Gasteiger charge is 2.20. The number of methoxy groups -OCH3 is 2. The van der Waals surface area contributed by atoms with E-state index in [1.165, 1.54) is 7.11 Å². The van der Waals surface area contributed by atoms with Gasteiger partial charge in [-0.15, -0.1) is 0 Å². The zero-order valence-corrected chi connectivity index (χ0v) is 11.2. The van der Waals surface area contributed by atoms with Crippen LogP contribution in [-0.4, -0.2) is 35.6 Å². The van der Waals surface area contributed by atoms with Gasteiger partial charge in [0.2, 0.25) is 0 Å². The Balaban J connectivity index is 2.69. The van der Waals surface area contributed by atoms with Gasteiger partial charge >= 0.3 is 5.97 Å². The van der Waals surface area contributed by atoms with Gasteiger partial charge in [-0.1, -0.05) is 6.07 Å². The lowest BCUT2D eigenvalue weighted by atomic mass is 10.2. The fraction of sp³-hybridized carbons (Fsp3) is 0.385. The Morgan fingerprint density at radius 1 is 1.47 bits per heavy atom. The zero-order valence-electron chi connectivity index (χ0n) is 11.2. The minimum absolute atomic E-state index is 0.0685. The van der Waals surface area contributed by atoms with Crippen LogP contribution in [0.1, 0.15) is 23.2 Å². The number of nitrogens with zero attached hydrogens (tertiary/aromatic N) is 2. The lowest BCUT2D eigenvalue weighted by molar-refractivity contribution is 0.0597. The third-order valence-electron chi connectivity index (χ3n) is 2.79. The number of rotatable bonds is 4. The first kappa shape index (κ1) is 13.4. The molecule has 0 spiro atoms. The summed E-state index contributed by atoms with van der Waals surface area (Å²) in [5.41, 5.74) is 6.74. The topological polar surface area (TPSA) is 78.8 Å². The van der Waals surface area contributed by atoms with E-state index in [0.717, 1.165) is 0 Å². The molecule has 19 heavy (non-hydrogen) atoms. The second-order valence-electron chi connectivity index (χ2n) is 4.34. The molecule has 0 saturated carbocycles. The third kappa shape index (κ3) is 2.39. The number of esters is 1. The Morgan fingerprint density at radius 2 is 2.21 bits per heavy atom. The van der Waals surface area contributed by atoms with E-state index in [-0.39, 0.29) is 11.7 Å². The molecule has 0 bridgehead atoms. The molecule has 0 aliphatic heterocycles. The smallest absolute Gasteiger partial charge is 0.358 e. The summed E-state index contributed by atoms with van der Waals surface area (Å²) in [6, 6.07) is 5.34. The standard InChI is InChI=1S/C13H17N3O3/c1-8(14)7-10-15-12(13(17)19-3)9-5-4-6-11(18-2)16(9)10/h4-6,8H,7,14H2,1-3H3. The molecule has 2 aromatic rings. The van der Waals surface area contributed by atoms with E-state index in [4.69, 9.17) is 15.2 Å². The summed E-state index contributed by atoms with van der Waals surface area (Å²) >= 11 is 0. The lowest BCUT2D eigenvalue weighted by Gasteiger charge is -2.08. The van der Waals surface area contributed by atoms with Gasteiger partial charge in [0, 0.05) is 12.5 Å². The van der Waals surface area contributed by atoms with Crippen LogP contribution in [0.25, 0.3) is 5.52 Å². The predicted octanol–water partition coefficient (Wildman–Crippen LogP) is 1.02. The number of carbonyl (C=O) groups excluding carboxylic acids is 1. The van der Waals surface area contributed by atoms with E-state index in [9.17, 15) is 4.79 Å². The summed E-state index contributed by atoms with van der Waals surface area (Å²) < 4.78 is 11.8. The van der Waals surface area contributed by atoms with Crippen molar-refractivity contribution in [2.45, 2.75) is 19.4 Å². The Labute approximate surface area is 111 Å². The number of pyridine rings is 1. The lowest BCUT2D eigenvalue weighted by Crippen LogP contribution is -2.19. The van der Waals surface area contributed by atoms with Crippen molar-refractivity contribution >= 4 is 11.5 Å². The molecular formula is C13H17N3O3. The fourth-order valence-electron chi connectivity index (χ4n) is 2.01. The Bertz CT molecular complexity index is 604. The number of ether oxygens (including phenoxy) is 2. The number of hydrogen-bond donors (Lipinski definition) is 1. The molecule has 0 amide bonds. The Kier molecular flexibility index (Phi) is 3.71. The van der Waals surface area contributed by atoms with Crippen molar-refractivity contribution in [3.8, 4) is 5.88 Å². The highest BCUT2D eigenvalue weighted by molar-refractivity contribution is 5.95. The van der Waals surface area contributed by atoms with Crippen LogP contribution >= 0.6 is 0 Å². The van der Waals surface area contributed by atoms with Crippen molar-refractivity contribution in [2.75, 3.05) is 14.2 Å². The van der Waals surface area contributed by atoms with Crippen LogP contribution in [0.5, 0.6) is 5.88 Å². The number of imidazole rings is 1. The second kappa shape index (κ2) is 5.27. The molecule has 6 heteroatoms. The largest absolute Gasteiger partial charge is 0.482 e. The molecule has 2 heterocycles. The maximum absolute atomic E-state index is 11.8. The van der Waals surface area contributed by atoms with E-state index in [2.05, 4.69) is 4.98 Å². The molecule has 0 aromatic carbocycles. The summed E-state index contributed by atoms with van der Waals surface area (Å²) in [5, 5.41) is 0. The van der Waals surface area contributed by atoms with Crippen molar-refractivity contribution in [1.29, 1.82) is 0 Å². The summed E-state index contributed by atoms with van der Waals surface area (Å²) in [4.78, 5) is 16.1. The summed E-state index contributed by atoms with van der Waals surface area (Å²) in [6.45, 7) is 1.88. The average molecular weight is 263 g/mol. The van der Waals surface area contributed by atoms with Gasteiger partial charge < -0.3 is 15.2 Å². The summed E-state index contributed by atoms with van der Waals surface area (Å²) in [7, 11) is 2.90. The number of hydrogen-bond acceptors (Lipinski definition) is 5. The second-order valence-corrected chi connectivity index (χ2v) is 4.34. The summed E-state index contributed by atoms with van der Waals surface area (Å²) in [5.74, 6) is 0.820. The molecule has 2 N–H and O–H groups in total. The first-order valence-electron chi connectivity index (χ1n) is 5.96. The van der Waals surface area contributed by atoms with Gasteiger partial charge in [0.1, 0.15) is 5.82 Å². The predicted molar refractivity (Wildman–Crippen MR) is 70.4 cm³/mol. The van der Waals surface area contributed by atoms with Gasteiger partial charge in [0.05, 0.1) is 19.7 Å². The van der Waals surface area contributed by atoms with Crippen molar-refractivity contribution < 1.29 is 14.3 Å². The number of aromatic nitrogens is 2. The first-order chi connectivity index (χ1) is 9.08. The maximum atomic E-state index is 11.8. The number of carbonyl (C=O) groups is 1. The van der Waals surface area contributed by atoms with Gasteiger partial charge in [-0.25, -0.2) is 9.78 Å². The van der Waals surface area contributed by atoms with E-state index in [1.54, 1.807) is 29.7 Å². The van der Waals surface area contributed by atoms with Gasteiger partial charge in [0.15, 0.2) is 11.6 Å². The minimum atomic E-state index is -0.471. The van der Waals surface area contributed by atoms with E-state index in [1.807, 2.05) is 6.92 Å². The monoisotopic (exact) mass is 263 g/mol. The van der Waals surface area contributed by atoms with Crippen LogP contribution in [0.3, 0.4) is 0 Å². The zero-order chi connectivity index (χ0) is 14.0. The van der Waals surface area contributed by atoms with Crippen LogP contribution in [0, 0.1) is 0 Å². The van der Waals surface area contributed by atoms with Crippen LogP contribution in [0.2, 0.25) is 0 Å². The SMILES string of the molecule is COC(=O)c1nc(CC(C)N)n2c(OC)cccc12. The van der Waals surface area contributed by atoms with E-state index in [0.29, 0.717) is 23.6 Å². The van der Waals surface area contributed by atoms with E-state index < -0.39 is 5.97 Å². The molecule has 2 rings (SSSR count). The maximum Gasteiger partial charge on any atom is 0.358 e. The molecular weight excluding hydrogens is 246 g/mol. The molecule has 0 saturated heterocycles. The van der Waals surface area contributed by atoms with Crippen molar-refractivity contribution in [1.82, 2.24) is 9.38 Å². The van der Waals surface area contributed by atoms with Crippen molar-refractivity contribution in [3.63, 3.8) is 0 Å². The number of nitrogens with two attached hydrogens (primary N) is 1. The fourth-order valence-corrected chi connectivity index (χ4v) is 2.01. The van der Waals surface area contributed by atoms with Gasteiger partial charge in [-0.2, -0.15) is 0 Å². The van der Waals surface area contributed by atoms with Crippen LogP contribution in [0.4, 0.5) is 0 Å². The highest BCUT2D eigenvalue weighted by atomic mass is 16.5. The Morgan fingerprint density at radius 3 is 2.79 bits per heavy atom. The van der Waals surface area contributed by atoms with Crippen LogP contribution in [0.15, 0.2) is 18.2 Å². The van der Waals surface area contributed by atoms with Gasteiger partial charge in [-0.3, -0.25) is 4.40 Å². The molecule has 0 aliphatic rings. The van der Waals surface area contributed by atoms with Crippen molar-refractivity contribution in [3.05, 3.63) is 29.7 Å². The molecule has 102 valence electrons. The third-order valence-corrected chi connectivity index (χ3v) is 2.79. The molecule has 2 aromatic heterocycles. The highest BCUT2D eigenvalue weighted by Crippen LogP contribution is 2.22. The van der Waals surface area contributed by atoms with Gasteiger partial charge in [0.25, 0.3) is 0 Å². The molecule has 6 nitrogen and oxygen atoms in total. The van der Waals surface area contributed by atoms with Crippen LogP contribution < -0.4 is 10.5 Å². The van der Waals surface area contributed by atoms with Crippen LogP contribution in [-0.2, 0) is 11.2 Å². The minimum Gasteiger partial charge on any atom is -0.482 e. The molecule has 1 unspecified atom stereocenters. The molecule has 0 fully saturated rings. The Hall–Kier alpha value is -2.08. The summed E-state index contributed by atoms with van der Waals surface area (Å²) in [6.07, 6.45) is 0.540. The van der Waals surface area contributed by atoms with Gasteiger partial charge in [-0.05, 0) is 19.1 Å². The molecule has 0 radical (unpaired) electrons. The normalized spacial score (nSPS) is 12.4. The quantitative estimate of drug-likeness (QED) is 0.833. The average Bonchev–Trinajstić information content (AvgIpc) is 2.76.